The van der Waals surface area contributed by atoms with Gasteiger partial charge in [0, 0.05) is 13.1 Å². The molecule has 0 aromatic carbocycles. The summed E-state index contributed by atoms with van der Waals surface area (Å²) in [4.78, 5) is 14.6. The SMILES string of the molecule is CCCOc1nc(Cl)nc(N2CCCC(C)C2)n1. The largest absolute Gasteiger partial charge is 0.463 e. The van der Waals surface area contributed by atoms with E-state index in [2.05, 4.69) is 26.8 Å². The Bertz CT molecular complexity index is 402. The molecule has 0 bridgehead atoms. The van der Waals surface area contributed by atoms with Crippen LogP contribution < -0.4 is 9.64 Å². The molecule has 6 heteroatoms. The van der Waals surface area contributed by atoms with Crippen LogP contribution in [0.15, 0.2) is 0 Å². The lowest BCUT2D eigenvalue weighted by Crippen LogP contribution is -2.35. The number of nitrogens with zero attached hydrogens (tertiary/aromatic N) is 4. The lowest BCUT2D eigenvalue weighted by molar-refractivity contribution is 0.291. The molecule has 0 aliphatic carbocycles. The smallest absolute Gasteiger partial charge is 0.322 e. The van der Waals surface area contributed by atoms with E-state index in [1.54, 1.807) is 0 Å². The maximum Gasteiger partial charge on any atom is 0.322 e. The normalized spacial score (nSPS) is 19.9. The second-order valence-corrected chi connectivity index (χ2v) is 5.07. The Hall–Kier alpha value is -1.10. The van der Waals surface area contributed by atoms with Gasteiger partial charge in [-0.1, -0.05) is 13.8 Å². The highest BCUT2D eigenvalue weighted by Gasteiger charge is 2.20. The van der Waals surface area contributed by atoms with Crippen molar-refractivity contribution in [3.63, 3.8) is 0 Å². The number of piperidine rings is 1. The first-order valence-corrected chi connectivity index (χ1v) is 6.86. The Morgan fingerprint density at radius 2 is 2.22 bits per heavy atom. The third-order valence-corrected chi connectivity index (χ3v) is 3.12. The minimum absolute atomic E-state index is 0.198. The molecule has 0 N–H and O–H groups in total. The fourth-order valence-corrected chi connectivity index (χ4v) is 2.24. The first-order chi connectivity index (χ1) is 8.69. The molecule has 1 aliphatic rings. The molecular weight excluding hydrogens is 252 g/mol. The third-order valence-electron chi connectivity index (χ3n) is 2.95. The standard InChI is InChI=1S/C12H19ClN4O/c1-3-7-18-12-15-10(13)14-11(16-12)17-6-4-5-9(2)8-17/h9H,3-8H2,1-2H3. The molecular formula is C12H19ClN4O. The van der Waals surface area contributed by atoms with Gasteiger partial charge in [-0.25, -0.2) is 0 Å². The Labute approximate surface area is 113 Å². The van der Waals surface area contributed by atoms with Gasteiger partial charge in [0.2, 0.25) is 11.2 Å². The summed E-state index contributed by atoms with van der Waals surface area (Å²) < 4.78 is 5.42. The first kappa shape index (κ1) is 13.3. The predicted octanol–water partition coefficient (Wildman–Crippen LogP) is 2.55. The van der Waals surface area contributed by atoms with Gasteiger partial charge in [-0.2, -0.15) is 15.0 Å². The zero-order valence-electron chi connectivity index (χ0n) is 10.9. The van der Waals surface area contributed by atoms with Crippen molar-refractivity contribution in [1.82, 2.24) is 15.0 Å². The second kappa shape index (κ2) is 6.18. The van der Waals surface area contributed by atoms with E-state index in [1.165, 1.54) is 6.42 Å². The summed E-state index contributed by atoms with van der Waals surface area (Å²) in [6.07, 6.45) is 3.34. The molecule has 1 fully saturated rings. The van der Waals surface area contributed by atoms with Crippen molar-refractivity contribution in [2.24, 2.45) is 5.92 Å². The predicted molar refractivity (Wildman–Crippen MR) is 71.2 cm³/mol. The summed E-state index contributed by atoms with van der Waals surface area (Å²) in [5.74, 6) is 1.29. The molecule has 1 aromatic rings. The van der Waals surface area contributed by atoms with Crippen LogP contribution in [0.25, 0.3) is 0 Å². The van der Waals surface area contributed by atoms with Gasteiger partial charge in [0.1, 0.15) is 0 Å². The molecule has 1 aliphatic heterocycles. The molecule has 18 heavy (non-hydrogen) atoms. The highest BCUT2D eigenvalue weighted by molar-refractivity contribution is 6.28. The van der Waals surface area contributed by atoms with Gasteiger partial charge >= 0.3 is 6.01 Å². The third kappa shape index (κ3) is 3.45. The number of halogens is 1. The van der Waals surface area contributed by atoms with E-state index in [-0.39, 0.29) is 5.28 Å². The second-order valence-electron chi connectivity index (χ2n) is 4.73. The van der Waals surface area contributed by atoms with Crippen molar-refractivity contribution in [2.75, 3.05) is 24.6 Å². The topological polar surface area (TPSA) is 51.1 Å². The number of hydrogen-bond donors (Lipinski definition) is 0. The van der Waals surface area contributed by atoms with Crippen LogP contribution in [0.3, 0.4) is 0 Å². The Morgan fingerprint density at radius 3 is 2.94 bits per heavy atom. The maximum absolute atomic E-state index is 5.92. The van der Waals surface area contributed by atoms with Crippen LogP contribution in [0.5, 0.6) is 6.01 Å². The molecule has 0 amide bonds. The van der Waals surface area contributed by atoms with E-state index in [9.17, 15) is 0 Å². The summed E-state index contributed by atoms with van der Waals surface area (Å²) in [6.45, 7) is 6.81. The molecule has 1 unspecified atom stereocenters. The van der Waals surface area contributed by atoms with Gasteiger partial charge in [0.25, 0.3) is 0 Å². The van der Waals surface area contributed by atoms with Crippen molar-refractivity contribution < 1.29 is 4.74 Å². The summed E-state index contributed by atoms with van der Waals surface area (Å²) in [7, 11) is 0. The van der Waals surface area contributed by atoms with E-state index >= 15 is 0 Å². The molecule has 1 atom stereocenters. The molecule has 5 nitrogen and oxygen atoms in total. The zero-order valence-corrected chi connectivity index (χ0v) is 11.7. The highest BCUT2D eigenvalue weighted by Crippen LogP contribution is 2.22. The van der Waals surface area contributed by atoms with Crippen LogP contribution in [0.2, 0.25) is 5.28 Å². The van der Waals surface area contributed by atoms with Crippen molar-refractivity contribution in [3.05, 3.63) is 5.28 Å². The number of ether oxygens (including phenoxy) is 1. The average molecular weight is 271 g/mol. The summed E-state index contributed by atoms with van der Waals surface area (Å²) in [6, 6.07) is 0.324. The summed E-state index contributed by atoms with van der Waals surface area (Å²) >= 11 is 5.92. The molecule has 2 rings (SSSR count). The summed E-state index contributed by atoms with van der Waals surface area (Å²) in [5.41, 5.74) is 0. The summed E-state index contributed by atoms with van der Waals surface area (Å²) in [5, 5.41) is 0.198. The average Bonchev–Trinajstić information content (AvgIpc) is 2.36. The molecule has 0 spiro atoms. The minimum atomic E-state index is 0.198. The van der Waals surface area contributed by atoms with E-state index < -0.39 is 0 Å². The molecule has 100 valence electrons. The minimum Gasteiger partial charge on any atom is -0.463 e. The van der Waals surface area contributed by atoms with Crippen LogP contribution in [-0.2, 0) is 0 Å². The quantitative estimate of drug-likeness (QED) is 0.842. The van der Waals surface area contributed by atoms with Crippen LogP contribution in [-0.4, -0.2) is 34.6 Å². The lowest BCUT2D eigenvalue weighted by atomic mass is 10.0. The highest BCUT2D eigenvalue weighted by atomic mass is 35.5. The van der Waals surface area contributed by atoms with Crippen molar-refractivity contribution >= 4 is 17.5 Å². The Morgan fingerprint density at radius 1 is 1.39 bits per heavy atom. The van der Waals surface area contributed by atoms with Crippen LogP contribution >= 0.6 is 11.6 Å². The van der Waals surface area contributed by atoms with E-state index in [0.29, 0.717) is 24.5 Å². The van der Waals surface area contributed by atoms with Crippen molar-refractivity contribution in [3.8, 4) is 6.01 Å². The Kier molecular flexibility index (Phi) is 4.58. The van der Waals surface area contributed by atoms with E-state index in [4.69, 9.17) is 16.3 Å². The van der Waals surface area contributed by atoms with Gasteiger partial charge in [-0.05, 0) is 36.8 Å². The molecule has 1 aromatic heterocycles. The molecule has 1 saturated heterocycles. The van der Waals surface area contributed by atoms with E-state index in [1.807, 2.05) is 6.92 Å². The van der Waals surface area contributed by atoms with E-state index in [0.717, 1.165) is 25.9 Å². The fraction of sp³-hybridized carbons (Fsp3) is 0.750. The molecule has 0 saturated carbocycles. The maximum atomic E-state index is 5.92. The number of rotatable bonds is 4. The van der Waals surface area contributed by atoms with Crippen LogP contribution in [0, 0.1) is 5.92 Å². The molecule has 0 radical (unpaired) electrons. The van der Waals surface area contributed by atoms with Gasteiger partial charge in [-0.15, -0.1) is 0 Å². The van der Waals surface area contributed by atoms with Crippen LogP contribution in [0.4, 0.5) is 5.95 Å². The molecule has 2 heterocycles. The monoisotopic (exact) mass is 270 g/mol. The lowest BCUT2D eigenvalue weighted by Gasteiger charge is -2.30. The zero-order chi connectivity index (χ0) is 13.0. The van der Waals surface area contributed by atoms with Gasteiger partial charge in [-0.3, -0.25) is 0 Å². The number of aromatic nitrogens is 3. The van der Waals surface area contributed by atoms with Gasteiger partial charge in [0.15, 0.2) is 0 Å². The van der Waals surface area contributed by atoms with Crippen molar-refractivity contribution in [1.29, 1.82) is 0 Å². The van der Waals surface area contributed by atoms with Gasteiger partial charge < -0.3 is 9.64 Å². The number of hydrogen-bond acceptors (Lipinski definition) is 5. The Balaban J connectivity index is 2.13. The fourth-order valence-electron chi connectivity index (χ4n) is 2.09. The first-order valence-electron chi connectivity index (χ1n) is 6.48. The van der Waals surface area contributed by atoms with Gasteiger partial charge in [0.05, 0.1) is 6.61 Å². The number of anilines is 1. The van der Waals surface area contributed by atoms with Crippen LogP contribution in [0.1, 0.15) is 33.1 Å². The van der Waals surface area contributed by atoms with Crippen molar-refractivity contribution in [2.45, 2.75) is 33.1 Å².